The van der Waals surface area contributed by atoms with Crippen LogP contribution in [0.2, 0.25) is 0 Å². The van der Waals surface area contributed by atoms with Gasteiger partial charge in [0.25, 0.3) is 0 Å². The van der Waals surface area contributed by atoms with Gasteiger partial charge in [-0.15, -0.1) is 11.3 Å². The van der Waals surface area contributed by atoms with Crippen LogP contribution >= 0.6 is 11.3 Å². The average molecular weight is 457 g/mol. The van der Waals surface area contributed by atoms with Crippen LogP contribution in [0.15, 0.2) is 11.6 Å². The van der Waals surface area contributed by atoms with Gasteiger partial charge in [0.15, 0.2) is 0 Å². The molecule has 4 heterocycles. The Labute approximate surface area is 196 Å². The van der Waals surface area contributed by atoms with E-state index in [1.165, 1.54) is 22.5 Å². The maximum absolute atomic E-state index is 12.2. The highest BCUT2D eigenvalue weighted by Gasteiger charge is 2.31. The number of piperidine rings is 1. The molecule has 1 unspecified atom stereocenters. The molecule has 3 aliphatic heterocycles. The zero-order valence-electron chi connectivity index (χ0n) is 19.6. The van der Waals surface area contributed by atoms with E-state index in [2.05, 4.69) is 42.8 Å². The number of hydrogen-bond acceptors (Lipinski definition) is 5. The van der Waals surface area contributed by atoms with E-state index in [9.17, 15) is 9.90 Å². The number of hydrogen-bond donors (Lipinski definition) is 2. The molecular weight excluding hydrogens is 420 g/mol. The smallest absolute Gasteiger partial charge is 0.346 e. The summed E-state index contributed by atoms with van der Waals surface area (Å²) in [4.78, 5) is 16.0. The van der Waals surface area contributed by atoms with E-state index in [-0.39, 0.29) is 5.41 Å². The van der Waals surface area contributed by atoms with Gasteiger partial charge in [0.1, 0.15) is 4.88 Å². The van der Waals surface area contributed by atoms with Crippen molar-refractivity contribution in [2.45, 2.75) is 46.5 Å². The number of nitrogens with one attached hydrogen (secondary N) is 1. The molecule has 2 saturated heterocycles. The van der Waals surface area contributed by atoms with Gasteiger partial charge in [-0.3, -0.25) is 4.90 Å². The summed E-state index contributed by atoms with van der Waals surface area (Å²) in [5, 5.41) is 13.5. The van der Waals surface area contributed by atoms with Crippen molar-refractivity contribution in [1.29, 1.82) is 0 Å². The molecule has 0 amide bonds. The zero-order chi connectivity index (χ0) is 22.7. The zero-order valence-corrected chi connectivity index (χ0v) is 20.4. The minimum Gasteiger partial charge on any atom is -0.477 e. The first-order valence-corrected chi connectivity index (χ1v) is 12.7. The Kier molecular flexibility index (Phi) is 7.41. The molecule has 1 atom stereocenters. The summed E-state index contributed by atoms with van der Waals surface area (Å²) in [5.41, 5.74) is 3.53. The van der Waals surface area contributed by atoms with E-state index in [0.717, 1.165) is 82.1 Å². The van der Waals surface area contributed by atoms with Gasteiger partial charge in [0.2, 0.25) is 0 Å². The minimum absolute atomic E-state index is 0.113. The number of carboxylic acid groups (broad SMARTS) is 1. The van der Waals surface area contributed by atoms with E-state index in [4.69, 9.17) is 4.74 Å². The molecule has 0 aromatic carbocycles. The summed E-state index contributed by atoms with van der Waals surface area (Å²) in [5.74, 6) is 6.82. The van der Waals surface area contributed by atoms with Crippen molar-refractivity contribution in [2.24, 2.45) is 17.3 Å². The maximum Gasteiger partial charge on any atom is 0.346 e. The van der Waals surface area contributed by atoms with Gasteiger partial charge in [-0.05, 0) is 83.0 Å². The molecule has 4 rings (SSSR count). The first-order chi connectivity index (χ1) is 15.3. The standard InChI is InChI=1S/C26H36N2O3S/c1-26(2,3)9-4-20-14-22(24(32-20)25(29)30)23-16-28(15-18-8-13-31-17-18)12-7-21(23)19-5-10-27-11-6-19/h14,18-19,27H,5-8,10-13,15-17H2,1-3H3,(H,29,30). The number of thiophene rings is 1. The molecule has 3 aliphatic rings. The normalized spacial score (nSPS) is 23.3. The molecule has 1 aromatic rings. The van der Waals surface area contributed by atoms with Gasteiger partial charge in [0.05, 0.1) is 11.5 Å². The molecule has 2 fully saturated rings. The van der Waals surface area contributed by atoms with Crippen molar-refractivity contribution in [3.05, 3.63) is 27.0 Å². The van der Waals surface area contributed by atoms with Crippen LogP contribution in [0.5, 0.6) is 0 Å². The third-order valence-corrected chi connectivity index (χ3v) is 7.69. The fourth-order valence-electron chi connectivity index (χ4n) is 5.05. The average Bonchev–Trinajstić information content (AvgIpc) is 3.42. The monoisotopic (exact) mass is 456 g/mol. The third kappa shape index (κ3) is 5.82. The van der Waals surface area contributed by atoms with Crippen LogP contribution in [0.3, 0.4) is 0 Å². The molecular formula is C26H36N2O3S. The van der Waals surface area contributed by atoms with Crippen LogP contribution in [-0.2, 0) is 4.74 Å². The first kappa shape index (κ1) is 23.5. The quantitative estimate of drug-likeness (QED) is 0.646. The lowest BCUT2D eigenvalue weighted by Crippen LogP contribution is -2.38. The molecule has 2 N–H and O–H groups in total. The molecule has 0 aliphatic carbocycles. The molecule has 1 aromatic heterocycles. The Balaban J connectivity index is 1.70. The Morgan fingerprint density at radius 2 is 2.09 bits per heavy atom. The number of carboxylic acids is 1. The Morgan fingerprint density at radius 1 is 1.31 bits per heavy atom. The Hall–Kier alpha value is -1.65. The molecule has 32 heavy (non-hydrogen) atoms. The number of rotatable bonds is 5. The van der Waals surface area contributed by atoms with Gasteiger partial charge < -0.3 is 15.2 Å². The van der Waals surface area contributed by atoms with E-state index < -0.39 is 5.97 Å². The number of aromatic carboxylic acids is 1. The predicted molar refractivity (Wildman–Crippen MR) is 130 cm³/mol. The molecule has 0 radical (unpaired) electrons. The molecule has 6 heteroatoms. The second kappa shape index (κ2) is 10.1. The van der Waals surface area contributed by atoms with Crippen LogP contribution in [0, 0.1) is 29.1 Å². The number of carbonyl (C=O) groups is 1. The van der Waals surface area contributed by atoms with Crippen LogP contribution in [-0.4, -0.2) is 61.9 Å². The largest absolute Gasteiger partial charge is 0.477 e. The van der Waals surface area contributed by atoms with Crippen molar-refractivity contribution >= 4 is 22.9 Å². The predicted octanol–water partition coefficient (Wildman–Crippen LogP) is 4.34. The van der Waals surface area contributed by atoms with Crippen molar-refractivity contribution in [3.8, 4) is 11.8 Å². The summed E-state index contributed by atoms with van der Waals surface area (Å²) in [6.45, 7) is 13.0. The molecule has 5 nitrogen and oxygen atoms in total. The van der Waals surface area contributed by atoms with Crippen molar-refractivity contribution in [1.82, 2.24) is 10.2 Å². The van der Waals surface area contributed by atoms with Crippen molar-refractivity contribution < 1.29 is 14.6 Å². The van der Waals surface area contributed by atoms with E-state index in [0.29, 0.717) is 16.7 Å². The number of ether oxygens (including phenoxy) is 1. The molecule has 0 saturated carbocycles. The SMILES string of the molecule is CC(C)(C)C#Cc1cc(C2=C(C3CCNCC3)CCN(CC3CCOC3)C2)c(C(=O)O)s1. The lowest BCUT2D eigenvalue weighted by molar-refractivity contribution is 0.0701. The summed E-state index contributed by atoms with van der Waals surface area (Å²) in [7, 11) is 0. The van der Waals surface area contributed by atoms with E-state index >= 15 is 0 Å². The third-order valence-electron chi connectivity index (χ3n) is 6.65. The van der Waals surface area contributed by atoms with Gasteiger partial charge >= 0.3 is 5.97 Å². The van der Waals surface area contributed by atoms with E-state index in [1.54, 1.807) is 0 Å². The van der Waals surface area contributed by atoms with E-state index in [1.807, 2.05) is 6.07 Å². The highest BCUT2D eigenvalue weighted by atomic mass is 32.1. The topological polar surface area (TPSA) is 61.8 Å². The lowest BCUT2D eigenvalue weighted by atomic mass is 9.81. The van der Waals surface area contributed by atoms with Crippen molar-refractivity contribution in [2.75, 3.05) is 45.9 Å². The molecule has 0 bridgehead atoms. The summed E-state index contributed by atoms with van der Waals surface area (Å²) < 4.78 is 5.60. The minimum atomic E-state index is -0.840. The van der Waals surface area contributed by atoms with Gasteiger partial charge in [-0.1, -0.05) is 17.4 Å². The maximum atomic E-state index is 12.2. The second-order valence-corrected chi connectivity index (χ2v) is 11.5. The fourth-order valence-corrected chi connectivity index (χ4v) is 5.92. The van der Waals surface area contributed by atoms with Crippen LogP contribution in [0.25, 0.3) is 5.57 Å². The van der Waals surface area contributed by atoms with Gasteiger partial charge in [0, 0.05) is 37.2 Å². The van der Waals surface area contributed by atoms with Gasteiger partial charge in [-0.25, -0.2) is 4.79 Å². The lowest BCUT2D eigenvalue weighted by Gasteiger charge is -2.36. The molecule has 174 valence electrons. The summed E-state index contributed by atoms with van der Waals surface area (Å²) in [6.07, 6.45) is 4.44. The highest BCUT2D eigenvalue weighted by Crippen LogP contribution is 2.39. The van der Waals surface area contributed by atoms with Crippen LogP contribution in [0.4, 0.5) is 0 Å². The van der Waals surface area contributed by atoms with Crippen LogP contribution < -0.4 is 5.32 Å². The second-order valence-electron chi connectivity index (χ2n) is 10.4. The fraction of sp³-hybridized carbons (Fsp3) is 0.654. The summed E-state index contributed by atoms with van der Waals surface area (Å²) in [6, 6.07) is 2.05. The molecule has 0 spiro atoms. The van der Waals surface area contributed by atoms with Crippen molar-refractivity contribution in [3.63, 3.8) is 0 Å². The highest BCUT2D eigenvalue weighted by molar-refractivity contribution is 7.14. The first-order valence-electron chi connectivity index (χ1n) is 11.9. The summed E-state index contributed by atoms with van der Waals surface area (Å²) >= 11 is 1.33. The Bertz CT molecular complexity index is 919. The number of nitrogens with zero attached hydrogens (tertiary/aromatic N) is 1. The Morgan fingerprint density at radius 3 is 2.75 bits per heavy atom. The van der Waals surface area contributed by atoms with Crippen LogP contribution in [0.1, 0.15) is 66.6 Å². The van der Waals surface area contributed by atoms with Gasteiger partial charge in [-0.2, -0.15) is 0 Å².